The molecule has 1 aliphatic heterocycles. The second-order valence-corrected chi connectivity index (χ2v) is 5.40. The van der Waals surface area contributed by atoms with Gasteiger partial charge in [0.1, 0.15) is 5.56 Å². The van der Waals surface area contributed by atoms with Gasteiger partial charge >= 0.3 is 0 Å². The summed E-state index contributed by atoms with van der Waals surface area (Å²) in [6.07, 6.45) is 0. The molecule has 1 fully saturated rings. The van der Waals surface area contributed by atoms with E-state index in [-0.39, 0.29) is 23.1 Å². The Balaban J connectivity index is 1.89. The van der Waals surface area contributed by atoms with Crippen LogP contribution < -0.4 is 5.56 Å². The molecule has 1 saturated heterocycles. The van der Waals surface area contributed by atoms with Crippen molar-refractivity contribution >= 4 is 5.91 Å². The van der Waals surface area contributed by atoms with E-state index in [9.17, 15) is 9.59 Å². The second-order valence-electron chi connectivity index (χ2n) is 5.40. The summed E-state index contributed by atoms with van der Waals surface area (Å²) in [7, 11) is 0. The van der Waals surface area contributed by atoms with Gasteiger partial charge in [0.25, 0.3) is 11.5 Å². The molecule has 1 amide bonds. The minimum Gasteiger partial charge on any atom is -0.377 e. The molecule has 114 valence electrons. The number of benzene rings is 1. The Bertz CT molecular complexity index is 724. The number of hydrogen-bond acceptors (Lipinski definition) is 3. The molecule has 1 N–H and O–H groups in total. The number of morpholine rings is 1. The fourth-order valence-electron chi connectivity index (χ4n) is 2.61. The first-order valence-electron chi connectivity index (χ1n) is 7.34. The van der Waals surface area contributed by atoms with Gasteiger partial charge in [-0.1, -0.05) is 30.3 Å². The molecule has 2 heterocycles. The highest BCUT2D eigenvalue weighted by molar-refractivity contribution is 5.94. The third-order valence-electron chi connectivity index (χ3n) is 3.85. The van der Waals surface area contributed by atoms with Crippen molar-refractivity contribution < 1.29 is 9.53 Å². The zero-order valence-corrected chi connectivity index (χ0v) is 12.4. The molecule has 1 atom stereocenters. The molecule has 1 aliphatic rings. The van der Waals surface area contributed by atoms with E-state index < -0.39 is 0 Å². The Morgan fingerprint density at radius 2 is 2.00 bits per heavy atom. The molecule has 3 rings (SSSR count). The van der Waals surface area contributed by atoms with Crippen LogP contribution in [0.3, 0.4) is 0 Å². The molecule has 0 aliphatic carbocycles. The van der Waals surface area contributed by atoms with Crippen molar-refractivity contribution in [2.24, 2.45) is 0 Å². The van der Waals surface area contributed by atoms with Crippen LogP contribution in [0.4, 0.5) is 0 Å². The number of amides is 1. The molecule has 1 aromatic carbocycles. The highest BCUT2D eigenvalue weighted by Crippen LogP contribution is 2.16. The van der Waals surface area contributed by atoms with Crippen molar-refractivity contribution in [2.75, 3.05) is 19.8 Å². The van der Waals surface area contributed by atoms with Crippen molar-refractivity contribution in [3.05, 3.63) is 58.4 Å². The molecule has 1 aromatic heterocycles. The lowest BCUT2D eigenvalue weighted by molar-refractivity contribution is 0.00349. The first-order valence-corrected chi connectivity index (χ1v) is 7.34. The van der Waals surface area contributed by atoms with Gasteiger partial charge < -0.3 is 14.6 Å². The molecule has 0 bridgehead atoms. The monoisotopic (exact) mass is 298 g/mol. The topological polar surface area (TPSA) is 62.4 Å². The maximum atomic E-state index is 12.5. The van der Waals surface area contributed by atoms with Gasteiger partial charge in [-0.25, -0.2) is 0 Å². The van der Waals surface area contributed by atoms with Gasteiger partial charge in [0, 0.05) is 12.2 Å². The molecular formula is C17H18N2O3. The van der Waals surface area contributed by atoms with Crippen molar-refractivity contribution in [3.8, 4) is 11.3 Å². The molecule has 2 aromatic rings. The number of ether oxygens (including phenoxy) is 1. The third kappa shape index (κ3) is 2.80. The van der Waals surface area contributed by atoms with Crippen LogP contribution in [0.2, 0.25) is 0 Å². The molecule has 22 heavy (non-hydrogen) atoms. The number of hydrogen-bond donors (Lipinski definition) is 1. The SMILES string of the molecule is CC1COCCN1C(=O)c1ccc(-c2ccccc2)[nH]c1=O. The summed E-state index contributed by atoms with van der Waals surface area (Å²) in [6.45, 7) is 3.45. The number of carbonyl (C=O) groups is 1. The maximum Gasteiger partial charge on any atom is 0.261 e. The van der Waals surface area contributed by atoms with Crippen molar-refractivity contribution in [2.45, 2.75) is 13.0 Å². The lowest BCUT2D eigenvalue weighted by Gasteiger charge is -2.33. The maximum absolute atomic E-state index is 12.5. The van der Waals surface area contributed by atoms with E-state index in [0.717, 1.165) is 5.56 Å². The number of pyridine rings is 1. The van der Waals surface area contributed by atoms with Crippen molar-refractivity contribution in [1.29, 1.82) is 0 Å². The number of carbonyl (C=O) groups excluding carboxylic acids is 1. The first kappa shape index (κ1) is 14.5. The van der Waals surface area contributed by atoms with Crippen LogP contribution >= 0.6 is 0 Å². The molecule has 0 spiro atoms. The Kier molecular flexibility index (Phi) is 4.06. The lowest BCUT2D eigenvalue weighted by Crippen LogP contribution is -2.48. The second kappa shape index (κ2) is 6.15. The standard InChI is InChI=1S/C17H18N2O3/c1-12-11-22-10-9-19(12)17(21)14-7-8-15(18-16(14)20)13-5-3-2-4-6-13/h2-8,12H,9-11H2,1H3,(H,18,20). The van der Waals surface area contributed by atoms with Gasteiger partial charge in [-0.15, -0.1) is 0 Å². The van der Waals surface area contributed by atoms with E-state index in [1.807, 2.05) is 37.3 Å². The molecule has 0 saturated carbocycles. The van der Waals surface area contributed by atoms with E-state index in [1.54, 1.807) is 17.0 Å². The van der Waals surface area contributed by atoms with Gasteiger partial charge in [-0.3, -0.25) is 9.59 Å². The minimum atomic E-state index is -0.356. The Hall–Kier alpha value is -2.40. The van der Waals surface area contributed by atoms with E-state index in [0.29, 0.717) is 25.5 Å². The van der Waals surface area contributed by atoms with Crippen molar-refractivity contribution in [3.63, 3.8) is 0 Å². The summed E-state index contributed by atoms with van der Waals surface area (Å²) < 4.78 is 5.33. The zero-order chi connectivity index (χ0) is 15.5. The average Bonchev–Trinajstić information content (AvgIpc) is 2.55. The van der Waals surface area contributed by atoms with Crippen LogP contribution in [0.25, 0.3) is 11.3 Å². The summed E-state index contributed by atoms with van der Waals surface area (Å²) in [6, 6.07) is 12.9. The van der Waals surface area contributed by atoms with E-state index in [2.05, 4.69) is 4.98 Å². The fraction of sp³-hybridized carbons (Fsp3) is 0.294. The van der Waals surface area contributed by atoms with Crippen LogP contribution in [0, 0.1) is 0 Å². The molecule has 0 radical (unpaired) electrons. The third-order valence-corrected chi connectivity index (χ3v) is 3.85. The quantitative estimate of drug-likeness (QED) is 0.921. The predicted molar refractivity (Wildman–Crippen MR) is 83.8 cm³/mol. The zero-order valence-electron chi connectivity index (χ0n) is 12.4. The first-order chi connectivity index (χ1) is 10.7. The van der Waals surface area contributed by atoms with Gasteiger partial charge in [-0.2, -0.15) is 0 Å². The number of aromatic amines is 1. The van der Waals surface area contributed by atoms with Crippen LogP contribution in [-0.2, 0) is 4.74 Å². The number of H-pyrrole nitrogens is 1. The molecule has 5 heteroatoms. The molecule has 1 unspecified atom stereocenters. The summed E-state index contributed by atoms with van der Waals surface area (Å²) in [5.74, 6) is -0.239. The van der Waals surface area contributed by atoms with E-state index >= 15 is 0 Å². The van der Waals surface area contributed by atoms with Crippen LogP contribution in [0.15, 0.2) is 47.3 Å². The number of aromatic nitrogens is 1. The Morgan fingerprint density at radius 1 is 1.23 bits per heavy atom. The largest absolute Gasteiger partial charge is 0.377 e. The Labute approximate surface area is 128 Å². The summed E-state index contributed by atoms with van der Waals surface area (Å²) in [5, 5.41) is 0. The average molecular weight is 298 g/mol. The highest BCUT2D eigenvalue weighted by Gasteiger charge is 2.26. The van der Waals surface area contributed by atoms with Crippen LogP contribution in [0.1, 0.15) is 17.3 Å². The van der Waals surface area contributed by atoms with Gasteiger partial charge in [0.05, 0.1) is 19.3 Å². The minimum absolute atomic E-state index is 0.0190. The lowest BCUT2D eigenvalue weighted by atomic mass is 10.1. The number of nitrogens with one attached hydrogen (secondary N) is 1. The Morgan fingerprint density at radius 3 is 2.68 bits per heavy atom. The van der Waals surface area contributed by atoms with Gasteiger partial charge in [0.2, 0.25) is 0 Å². The van der Waals surface area contributed by atoms with Gasteiger partial charge in [-0.05, 0) is 24.6 Å². The van der Waals surface area contributed by atoms with Crippen LogP contribution in [-0.4, -0.2) is 41.6 Å². The van der Waals surface area contributed by atoms with E-state index in [4.69, 9.17) is 4.74 Å². The summed E-state index contributed by atoms with van der Waals surface area (Å²) in [4.78, 5) is 29.3. The van der Waals surface area contributed by atoms with Crippen molar-refractivity contribution in [1.82, 2.24) is 9.88 Å². The fourth-order valence-corrected chi connectivity index (χ4v) is 2.61. The summed E-state index contributed by atoms with van der Waals surface area (Å²) >= 11 is 0. The number of nitrogens with zero attached hydrogens (tertiary/aromatic N) is 1. The summed E-state index contributed by atoms with van der Waals surface area (Å²) in [5.41, 5.74) is 1.44. The molecular weight excluding hydrogens is 280 g/mol. The van der Waals surface area contributed by atoms with Crippen LogP contribution in [0.5, 0.6) is 0 Å². The highest BCUT2D eigenvalue weighted by atomic mass is 16.5. The number of rotatable bonds is 2. The normalized spacial score (nSPS) is 18.2. The van der Waals surface area contributed by atoms with Gasteiger partial charge in [0.15, 0.2) is 0 Å². The smallest absolute Gasteiger partial charge is 0.261 e. The molecule has 5 nitrogen and oxygen atoms in total. The van der Waals surface area contributed by atoms with E-state index in [1.165, 1.54) is 0 Å². The predicted octanol–water partition coefficient (Wildman–Crippen LogP) is 1.90.